The summed E-state index contributed by atoms with van der Waals surface area (Å²) in [4.78, 5) is 10.6. The van der Waals surface area contributed by atoms with Crippen molar-refractivity contribution in [2.24, 2.45) is 0 Å². The van der Waals surface area contributed by atoms with Crippen molar-refractivity contribution in [1.29, 1.82) is 0 Å². The van der Waals surface area contributed by atoms with Crippen LogP contribution in [0, 0.1) is 5.82 Å². The third kappa shape index (κ3) is 3.89. The van der Waals surface area contributed by atoms with Gasteiger partial charge in [0.15, 0.2) is 0 Å². The molecular weight excluding hydrogens is 183 g/mol. The van der Waals surface area contributed by atoms with Gasteiger partial charge in [-0.2, -0.15) is 0 Å². The number of carbonyl (C=O) groups is 1. The van der Waals surface area contributed by atoms with Gasteiger partial charge in [0.1, 0.15) is 5.82 Å². The normalized spacial score (nSPS) is 8.57. The Labute approximate surface area is 83.1 Å². The molecular formula is C10H15FN2O. The highest BCUT2D eigenvalue weighted by molar-refractivity contribution is 5.92. The molecule has 0 radical (unpaired) electrons. The number of anilines is 2. The highest BCUT2D eigenvalue weighted by Gasteiger charge is 2.00. The van der Waals surface area contributed by atoms with E-state index >= 15 is 0 Å². The van der Waals surface area contributed by atoms with Gasteiger partial charge in [-0.05, 0) is 18.2 Å². The molecule has 0 aromatic heterocycles. The zero-order valence-electron chi connectivity index (χ0n) is 8.60. The molecule has 0 heterocycles. The third-order valence-corrected chi connectivity index (χ3v) is 1.32. The lowest BCUT2D eigenvalue weighted by Crippen LogP contribution is -2.07. The molecule has 14 heavy (non-hydrogen) atoms. The van der Waals surface area contributed by atoms with Crippen LogP contribution in [0.5, 0.6) is 0 Å². The Morgan fingerprint density at radius 2 is 2.00 bits per heavy atom. The van der Waals surface area contributed by atoms with E-state index in [1.165, 1.54) is 19.1 Å². The van der Waals surface area contributed by atoms with E-state index in [0.29, 0.717) is 5.69 Å². The first-order valence-corrected chi connectivity index (χ1v) is 4.42. The number of nitrogens with one attached hydrogen (secondary N) is 1. The van der Waals surface area contributed by atoms with Crippen molar-refractivity contribution in [3.05, 3.63) is 24.0 Å². The van der Waals surface area contributed by atoms with Crippen LogP contribution < -0.4 is 11.1 Å². The van der Waals surface area contributed by atoms with Crippen LogP contribution in [0.25, 0.3) is 0 Å². The Bertz CT molecular complexity index is 313. The summed E-state index contributed by atoms with van der Waals surface area (Å²) >= 11 is 0. The number of halogens is 1. The van der Waals surface area contributed by atoms with Crippen molar-refractivity contribution in [3.63, 3.8) is 0 Å². The Morgan fingerprint density at radius 1 is 1.43 bits per heavy atom. The number of nitrogens with two attached hydrogens (primary N) is 1. The average Bonchev–Trinajstić information content (AvgIpc) is 2.13. The van der Waals surface area contributed by atoms with E-state index in [4.69, 9.17) is 5.73 Å². The zero-order valence-corrected chi connectivity index (χ0v) is 8.60. The molecule has 0 unspecified atom stereocenters. The molecule has 1 amide bonds. The summed E-state index contributed by atoms with van der Waals surface area (Å²) < 4.78 is 12.5. The van der Waals surface area contributed by atoms with Crippen molar-refractivity contribution < 1.29 is 9.18 Å². The Morgan fingerprint density at radius 3 is 2.43 bits per heavy atom. The van der Waals surface area contributed by atoms with Crippen molar-refractivity contribution in [2.45, 2.75) is 20.8 Å². The number of hydrogen-bond donors (Lipinski definition) is 2. The molecule has 0 aliphatic rings. The lowest BCUT2D eigenvalue weighted by molar-refractivity contribution is -0.114. The predicted molar refractivity (Wildman–Crippen MR) is 56.5 cm³/mol. The molecule has 0 fully saturated rings. The van der Waals surface area contributed by atoms with Crippen LogP contribution in [0.1, 0.15) is 20.8 Å². The van der Waals surface area contributed by atoms with Crippen molar-refractivity contribution in [2.75, 3.05) is 11.1 Å². The minimum atomic E-state index is -0.415. The number of amides is 1. The van der Waals surface area contributed by atoms with Crippen LogP contribution in [0.3, 0.4) is 0 Å². The molecule has 78 valence electrons. The van der Waals surface area contributed by atoms with Gasteiger partial charge >= 0.3 is 0 Å². The van der Waals surface area contributed by atoms with Crippen LogP contribution in [-0.4, -0.2) is 5.91 Å². The van der Waals surface area contributed by atoms with E-state index < -0.39 is 5.82 Å². The van der Waals surface area contributed by atoms with Gasteiger partial charge < -0.3 is 11.1 Å². The SMILES string of the molecule is CC.CC(=O)Nc1ccc(F)cc1N. The standard InChI is InChI=1S/C8H9FN2O.C2H6/c1-5(12)11-8-3-2-6(9)4-7(8)10;1-2/h2-4H,10H2,1H3,(H,11,12);1-2H3. The molecule has 1 aromatic carbocycles. The topological polar surface area (TPSA) is 55.1 Å². The summed E-state index contributed by atoms with van der Waals surface area (Å²) in [6.45, 7) is 5.36. The second-order valence-electron chi connectivity index (χ2n) is 2.41. The van der Waals surface area contributed by atoms with E-state index in [1.807, 2.05) is 13.8 Å². The van der Waals surface area contributed by atoms with Crippen LogP contribution in [0.15, 0.2) is 18.2 Å². The minimum absolute atomic E-state index is 0.227. The molecule has 4 heteroatoms. The van der Waals surface area contributed by atoms with E-state index in [-0.39, 0.29) is 11.6 Å². The van der Waals surface area contributed by atoms with Crippen LogP contribution >= 0.6 is 0 Å². The van der Waals surface area contributed by atoms with E-state index in [0.717, 1.165) is 6.07 Å². The molecule has 0 saturated heterocycles. The predicted octanol–water partition coefficient (Wildman–Crippen LogP) is 2.39. The number of benzene rings is 1. The molecule has 3 N–H and O–H groups in total. The maximum atomic E-state index is 12.5. The Hall–Kier alpha value is -1.58. The summed E-state index contributed by atoms with van der Waals surface area (Å²) in [6.07, 6.45) is 0. The van der Waals surface area contributed by atoms with Crippen LogP contribution in [-0.2, 0) is 4.79 Å². The van der Waals surface area contributed by atoms with Gasteiger partial charge in [0.2, 0.25) is 5.91 Å². The maximum Gasteiger partial charge on any atom is 0.221 e. The molecule has 0 atom stereocenters. The van der Waals surface area contributed by atoms with Gasteiger partial charge in [0.05, 0.1) is 11.4 Å². The first-order valence-electron chi connectivity index (χ1n) is 4.42. The Balaban J connectivity index is 0.000000791. The summed E-state index contributed by atoms with van der Waals surface area (Å²) in [6, 6.07) is 3.82. The molecule has 0 spiro atoms. The summed E-state index contributed by atoms with van der Waals surface area (Å²) in [7, 11) is 0. The van der Waals surface area contributed by atoms with Crippen LogP contribution in [0.4, 0.5) is 15.8 Å². The van der Waals surface area contributed by atoms with E-state index in [2.05, 4.69) is 5.32 Å². The zero-order chi connectivity index (χ0) is 11.1. The number of carbonyl (C=O) groups excluding carboxylic acids is 1. The fourth-order valence-corrected chi connectivity index (χ4v) is 0.837. The lowest BCUT2D eigenvalue weighted by atomic mass is 10.2. The third-order valence-electron chi connectivity index (χ3n) is 1.32. The van der Waals surface area contributed by atoms with Crippen molar-refractivity contribution in [3.8, 4) is 0 Å². The molecule has 0 saturated carbocycles. The van der Waals surface area contributed by atoms with Crippen molar-refractivity contribution in [1.82, 2.24) is 0 Å². The number of nitrogen functional groups attached to an aromatic ring is 1. The van der Waals surface area contributed by atoms with Gasteiger partial charge in [-0.1, -0.05) is 13.8 Å². The highest BCUT2D eigenvalue weighted by Crippen LogP contribution is 2.18. The van der Waals surface area contributed by atoms with Gasteiger partial charge in [-0.3, -0.25) is 4.79 Å². The van der Waals surface area contributed by atoms with E-state index in [9.17, 15) is 9.18 Å². The van der Waals surface area contributed by atoms with Crippen LogP contribution in [0.2, 0.25) is 0 Å². The summed E-state index contributed by atoms with van der Waals surface area (Å²) in [5, 5.41) is 2.47. The Kier molecular flexibility index (Phi) is 5.29. The van der Waals surface area contributed by atoms with Gasteiger partial charge in [-0.15, -0.1) is 0 Å². The van der Waals surface area contributed by atoms with Gasteiger partial charge in [0, 0.05) is 6.92 Å². The minimum Gasteiger partial charge on any atom is -0.397 e. The second kappa shape index (κ2) is 5.96. The number of rotatable bonds is 1. The summed E-state index contributed by atoms with van der Waals surface area (Å²) in [5.41, 5.74) is 6.08. The molecule has 0 aliphatic carbocycles. The van der Waals surface area contributed by atoms with Gasteiger partial charge in [-0.25, -0.2) is 4.39 Å². The smallest absolute Gasteiger partial charge is 0.221 e. The average molecular weight is 198 g/mol. The lowest BCUT2D eigenvalue weighted by Gasteiger charge is -2.04. The first kappa shape index (κ1) is 12.4. The first-order chi connectivity index (χ1) is 6.59. The fourth-order valence-electron chi connectivity index (χ4n) is 0.837. The fraction of sp³-hybridized carbons (Fsp3) is 0.300. The summed E-state index contributed by atoms with van der Waals surface area (Å²) in [5.74, 6) is -0.644. The highest BCUT2D eigenvalue weighted by atomic mass is 19.1. The molecule has 0 aliphatic heterocycles. The molecule has 1 aromatic rings. The van der Waals surface area contributed by atoms with Crippen molar-refractivity contribution >= 4 is 17.3 Å². The number of hydrogen-bond acceptors (Lipinski definition) is 2. The quantitative estimate of drug-likeness (QED) is 0.681. The van der Waals surface area contributed by atoms with E-state index in [1.54, 1.807) is 0 Å². The molecule has 0 bridgehead atoms. The molecule has 3 nitrogen and oxygen atoms in total. The maximum absolute atomic E-state index is 12.5. The molecule has 1 rings (SSSR count). The van der Waals surface area contributed by atoms with Gasteiger partial charge in [0.25, 0.3) is 0 Å². The second-order valence-corrected chi connectivity index (χ2v) is 2.41. The largest absolute Gasteiger partial charge is 0.397 e. The monoisotopic (exact) mass is 198 g/mol.